The summed E-state index contributed by atoms with van der Waals surface area (Å²) >= 11 is 1.57. The van der Waals surface area contributed by atoms with E-state index < -0.39 is 0 Å². The molecule has 0 atom stereocenters. The molecule has 17 heavy (non-hydrogen) atoms. The van der Waals surface area contributed by atoms with Gasteiger partial charge in [0.25, 0.3) is 0 Å². The lowest BCUT2D eigenvalue weighted by atomic mass is 10.3. The molecule has 1 aromatic heterocycles. The van der Waals surface area contributed by atoms with Gasteiger partial charge in [-0.25, -0.2) is 9.97 Å². The summed E-state index contributed by atoms with van der Waals surface area (Å²) < 4.78 is 0. The lowest BCUT2D eigenvalue weighted by Gasteiger charge is -2.26. The SMILES string of the molecule is CCNc1cc(N(CC)C(C)C)nc(SC)n1. The second-order valence-corrected chi connectivity index (χ2v) is 4.78. The van der Waals surface area contributed by atoms with Crippen molar-refractivity contribution >= 4 is 23.4 Å². The fourth-order valence-corrected chi connectivity index (χ4v) is 2.09. The molecule has 4 nitrogen and oxygen atoms in total. The third-order valence-electron chi connectivity index (χ3n) is 2.49. The smallest absolute Gasteiger partial charge is 0.191 e. The summed E-state index contributed by atoms with van der Waals surface area (Å²) in [6.07, 6.45) is 2.00. The van der Waals surface area contributed by atoms with Gasteiger partial charge in [0.1, 0.15) is 11.6 Å². The molecule has 0 bridgehead atoms. The van der Waals surface area contributed by atoms with Crippen molar-refractivity contribution < 1.29 is 0 Å². The second-order valence-electron chi connectivity index (χ2n) is 4.01. The van der Waals surface area contributed by atoms with Crippen LogP contribution in [0.5, 0.6) is 0 Å². The minimum Gasteiger partial charge on any atom is -0.370 e. The van der Waals surface area contributed by atoms with E-state index in [1.165, 1.54) is 0 Å². The molecule has 0 spiro atoms. The number of nitrogens with one attached hydrogen (secondary N) is 1. The van der Waals surface area contributed by atoms with Crippen molar-refractivity contribution in [2.24, 2.45) is 0 Å². The first-order chi connectivity index (χ1) is 8.12. The molecular weight excluding hydrogens is 232 g/mol. The van der Waals surface area contributed by atoms with Crippen LogP contribution in [0.1, 0.15) is 27.7 Å². The van der Waals surface area contributed by atoms with Gasteiger partial charge < -0.3 is 10.2 Å². The van der Waals surface area contributed by atoms with Crippen molar-refractivity contribution in [3.63, 3.8) is 0 Å². The Morgan fingerprint density at radius 2 is 2.06 bits per heavy atom. The van der Waals surface area contributed by atoms with E-state index in [9.17, 15) is 0 Å². The van der Waals surface area contributed by atoms with Gasteiger partial charge in [-0.15, -0.1) is 0 Å². The molecule has 0 aliphatic carbocycles. The highest BCUT2D eigenvalue weighted by Gasteiger charge is 2.12. The first-order valence-corrected chi connectivity index (χ1v) is 7.28. The molecule has 0 saturated heterocycles. The van der Waals surface area contributed by atoms with Crippen LogP contribution in [0.25, 0.3) is 0 Å². The van der Waals surface area contributed by atoms with E-state index in [2.05, 4.69) is 47.9 Å². The molecule has 1 aromatic rings. The summed E-state index contributed by atoms with van der Waals surface area (Å²) in [5, 5.41) is 4.07. The molecular formula is C12H22N4S. The van der Waals surface area contributed by atoms with Crippen LogP contribution in [0.4, 0.5) is 11.6 Å². The maximum Gasteiger partial charge on any atom is 0.191 e. The van der Waals surface area contributed by atoms with Crippen LogP contribution < -0.4 is 10.2 Å². The molecule has 0 aliphatic heterocycles. The summed E-state index contributed by atoms with van der Waals surface area (Å²) in [7, 11) is 0. The minimum absolute atomic E-state index is 0.444. The third kappa shape index (κ3) is 3.77. The standard InChI is InChI=1S/C12H22N4S/c1-6-13-10-8-11(15-12(14-10)17-5)16(7-2)9(3)4/h8-9H,6-7H2,1-5H3,(H,13,14,15). The lowest BCUT2D eigenvalue weighted by molar-refractivity contribution is 0.686. The zero-order valence-electron chi connectivity index (χ0n) is 11.3. The van der Waals surface area contributed by atoms with Crippen molar-refractivity contribution in [1.29, 1.82) is 0 Å². The average molecular weight is 254 g/mol. The number of anilines is 2. The summed E-state index contributed by atoms with van der Waals surface area (Å²) in [6, 6.07) is 2.46. The number of hydrogen-bond donors (Lipinski definition) is 1. The third-order valence-corrected chi connectivity index (χ3v) is 3.04. The molecule has 0 unspecified atom stereocenters. The summed E-state index contributed by atoms with van der Waals surface area (Å²) in [5.41, 5.74) is 0. The highest BCUT2D eigenvalue weighted by molar-refractivity contribution is 7.98. The number of thioether (sulfide) groups is 1. The molecule has 96 valence electrons. The van der Waals surface area contributed by atoms with Gasteiger partial charge in [-0.05, 0) is 34.0 Å². The monoisotopic (exact) mass is 254 g/mol. The second kappa shape index (κ2) is 6.69. The Kier molecular flexibility index (Phi) is 5.55. The van der Waals surface area contributed by atoms with Gasteiger partial charge in [0.15, 0.2) is 5.16 Å². The highest BCUT2D eigenvalue weighted by Crippen LogP contribution is 2.21. The van der Waals surface area contributed by atoms with Gasteiger partial charge in [0.05, 0.1) is 0 Å². The fraction of sp³-hybridized carbons (Fsp3) is 0.667. The van der Waals surface area contributed by atoms with E-state index in [0.717, 1.165) is 29.9 Å². The van der Waals surface area contributed by atoms with Crippen LogP contribution in [-0.4, -0.2) is 35.4 Å². The Morgan fingerprint density at radius 1 is 1.35 bits per heavy atom. The van der Waals surface area contributed by atoms with Gasteiger partial charge in [-0.2, -0.15) is 0 Å². The first-order valence-electron chi connectivity index (χ1n) is 6.05. The van der Waals surface area contributed by atoms with Crippen molar-refractivity contribution in [2.45, 2.75) is 38.9 Å². The Labute approximate surface area is 108 Å². The molecule has 1 N–H and O–H groups in total. The van der Waals surface area contributed by atoms with Gasteiger partial charge in [-0.1, -0.05) is 11.8 Å². The normalized spacial score (nSPS) is 10.7. The van der Waals surface area contributed by atoms with Gasteiger partial charge in [-0.3, -0.25) is 0 Å². The molecule has 0 amide bonds. The fourth-order valence-electron chi connectivity index (χ4n) is 1.71. The average Bonchev–Trinajstić information content (AvgIpc) is 2.29. The molecule has 5 heteroatoms. The zero-order chi connectivity index (χ0) is 12.8. The van der Waals surface area contributed by atoms with E-state index in [1.807, 2.05) is 12.3 Å². The van der Waals surface area contributed by atoms with Crippen molar-refractivity contribution in [2.75, 3.05) is 29.6 Å². The predicted molar refractivity (Wildman–Crippen MR) is 76.1 cm³/mol. The topological polar surface area (TPSA) is 41.0 Å². The van der Waals surface area contributed by atoms with E-state index in [1.54, 1.807) is 11.8 Å². The summed E-state index contributed by atoms with van der Waals surface area (Å²) in [6.45, 7) is 10.4. The van der Waals surface area contributed by atoms with Crippen molar-refractivity contribution in [3.05, 3.63) is 6.07 Å². The molecule has 1 heterocycles. The number of aromatic nitrogens is 2. The van der Waals surface area contributed by atoms with Gasteiger partial charge in [0.2, 0.25) is 0 Å². The zero-order valence-corrected chi connectivity index (χ0v) is 12.1. The molecule has 0 saturated carbocycles. The maximum atomic E-state index is 4.56. The van der Waals surface area contributed by atoms with Crippen LogP contribution >= 0.6 is 11.8 Å². The van der Waals surface area contributed by atoms with Crippen LogP contribution in [0.3, 0.4) is 0 Å². The van der Waals surface area contributed by atoms with Gasteiger partial charge >= 0.3 is 0 Å². The van der Waals surface area contributed by atoms with E-state index >= 15 is 0 Å². The Bertz CT molecular complexity index is 354. The van der Waals surface area contributed by atoms with Crippen LogP contribution in [0.2, 0.25) is 0 Å². The highest BCUT2D eigenvalue weighted by atomic mass is 32.2. The number of hydrogen-bond acceptors (Lipinski definition) is 5. The van der Waals surface area contributed by atoms with Crippen LogP contribution in [0, 0.1) is 0 Å². The quantitative estimate of drug-likeness (QED) is 0.624. The van der Waals surface area contributed by atoms with Crippen molar-refractivity contribution in [1.82, 2.24) is 9.97 Å². The van der Waals surface area contributed by atoms with E-state index in [-0.39, 0.29) is 0 Å². The molecule has 0 aliphatic rings. The van der Waals surface area contributed by atoms with Crippen LogP contribution in [-0.2, 0) is 0 Å². The predicted octanol–water partition coefficient (Wildman–Crippen LogP) is 2.87. The first kappa shape index (κ1) is 14.1. The molecule has 0 aromatic carbocycles. The summed E-state index contributed by atoms with van der Waals surface area (Å²) in [5.74, 6) is 1.90. The minimum atomic E-state index is 0.444. The van der Waals surface area contributed by atoms with Gasteiger partial charge in [0, 0.05) is 25.2 Å². The largest absolute Gasteiger partial charge is 0.370 e. The molecule has 0 radical (unpaired) electrons. The van der Waals surface area contributed by atoms with E-state index in [4.69, 9.17) is 0 Å². The Balaban J connectivity index is 3.08. The summed E-state index contributed by atoms with van der Waals surface area (Å²) in [4.78, 5) is 11.3. The molecule has 0 fully saturated rings. The number of nitrogens with zero attached hydrogens (tertiary/aromatic N) is 3. The Hall–Kier alpha value is -0.970. The maximum absolute atomic E-state index is 4.56. The lowest BCUT2D eigenvalue weighted by Crippen LogP contribution is -2.31. The number of rotatable bonds is 6. The molecule has 1 rings (SSSR count). The van der Waals surface area contributed by atoms with E-state index in [0.29, 0.717) is 6.04 Å². The Morgan fingerprint density at radius 3 is 2.53 bits per heavy atom. The van der Waals surface area contributed by atoms with Crippen molar-refractivity contribution in [3.8, 4) is 0 Å². The van der Waals surface area contributed by atoms with Crippen LogP contribution in [0.15, 0.2) is 11.2 Å².